The Balaban J connectivity index is 2.84. The third-order valence-corrected chi connectivity index (χ3v) is 2.81. The van der Waals surface area contributed by atoms with Crippen LogP contribution in [-0.2, 0) is 0 Å². The molecular formula is C11H9Cl2NO. The number of aryl methyl sites for hydroxylation is 1. The summed E-state index contributed by atoms with van der Waals surface area (Å²) >= 11 is 11.9. The zero-order valence-corrected chi connectivity index (χ0v) is 9.86. The second-order valence-corrected chi connectivity index (χ2v) is 4.02. The van der Waals surface area contributed by atoms with E-state index in [1.165, 1.54) is 0 Å². The van der Waals surface area contributed by atoms with Crippen molar-refractivity contribution in [1.29, 1.82) is 0 Å². The first-order valence-electron chi connectivity index (χ1n) is 4.43. The van der Waals surface area contributed by atoms with Crippen LogP contribution in [0.2, 0.25) is 10.2 Å². The lowest BCUT2D eigenvalue weighted by atomic mass is 10.1. The second kappa shape index (κ2) is 3.87. The van der Waals surface area contributed by atoms with Gasteiger partial charge in [-0.25, -0.2) is 4.98 Å². The molecule has 0 unspecified atom stereocenters. The van der Waals surface area contributed by atoms with E-state index in [2.05, 4.69) is 4.98 Å². The van der Waals surface area contributed by atoms with Crippen LogP contribution < -0.4 is 4.74 Å². The van der Waals surface area contributed by atoms with Gasteiger partial charge in [0.05, 0.1) is 12.6 Å². The Morgan fingerprint density at radius 2 is 2.00 bits per heavy atom. The van der Waals surface area contributed by atoms with E-state index in [4.69, 9.17) is 27.9 Å². The van der Waals surface area contributed by atoms with Gasteiger partial charge in [-0.1, -0.05) is 29.3 Å². The van der Waals surface area contributed by atoms with Gasteiger partial charge in [0.1, 0.15) is 0 Å². The lowest BCUT2D eigenvalue weighted by Crippen LogP contribution is -1.93. The number of ether oxygens (including phenoxy) is 1. The largest absolute Gasteiger partial charge is 0.493 e. The van der Waals surface area contributed by atoms with Crippen molar-refractivity contribution in [2.45, 2.75) is 6.92 Å². The summed E-state index contributed by atoms with van der Waals surface area (Å²) in [7, 11) is 1.58. The lowest BCUT2D eigenvalue weighted by Gasteiger charge is -2.09. The van der Waals surface area contributed by atoms with Crippen molar-refractivity contribution in [3.05, 3.63) is 33.9 Å². The zero-order valence-electron chi connectivity index (χ0n) is 8.34. The van der Waals surface area contributed by atoms with Crippen LogP contribution in [0.25, 0.3) is 10.9 Å². The molecule has 0 aliphatic carbocycles. The number of nitrogens with zero attached hydrogens (tertiary/aromatic N) is 1. The first kappa shape index (κ1) is 10.5. The summed E-state index contributed by atoms with van der Waals surface area (Å²) in [6.07, 6.45) is 0. The molecule has 15 heavy (non-hydrogen) atoms. The normalized spacial score (nSPS) is 10.7. The van der Waals surface area contributed by atoms with Crippen molar-refractivity contribution >= 4 is 34.1 Å². The molecule has 0 saturated heterocycles. The fourth-order valence-corrected chi connectivity index (χ4v) is 2.06. The minimum absolute atomic E-state index is 0.366. The average molecular weight is 242 g/mol. The Hall–Kier alpha value is -0.990. The molecule has 0 radical (unpaired) electrons. The van der Waals surface area contributed by atoms with Crippen molar-refractivity contribution in [1.82, 2.24) is 4.98 Å². The summed E-state index contributed by atoms with van der Waals surface area (Å²) in [5, 5.41) is 2.01. The Kier molecular flexibility index (Phi) is 2.72. The summed E-state index contributed by atoms with van der Waals surface area (Å²) in [4.78, 5) is 4.22. The average Bonchev–Trinajstić information content (AvgIpc) is 2.17. The summed E-state index contributed by atoms with van der Waals surface area (Å²) in [5.41, 5.74) is 1.76. The predicted molar refractivity (Wildman–Crippen MR) is 63.1 cm³/mol. The molecule has 0 aliphatic rings. The maximum Gasteiger partial charge on any atom is 0.171 e. The highest BCUT2D eigenvalue weighted by Crippen LogP contribution is 2.32. The molecule has 2 nitrogen and oxygen atoms in total. The molecule has 2 rings (SSSR count). The monoisotopic (exact) mass is 241 g/mol. The van der Waals surface area contributed by atoms with Crippen molar-refractivity contribution in [2.75, 3.05) is 7.11 Å². The van der Waals surface area contributed by atoms with Gasteiger partial charge in [0, 0.05) is 16.0 Å². The first-order chi connectivity index (χ1) is 7.13. The second-order valence-electron chi connectivity index (χ2n) is 3.22. The number of aromatic nitrogens is 1. The minimum atomic E-state index is 0.366. The number of halogens is 2. The van der Waals surface area contributed by atoms with E-state index in [-0.39, 0.29) is 0 Å². The molecule has 0 aliphatic heterocycles. The molecule has 0 fully saturated rings. The number of benzene rings is 1. The zero-order chi connectivity index (χ0) is 11.0. The Morgan fingerprint density at radius 3 is 2.67 bits per heavy atom. The van der Waals surface area contributed by atoms with Crippen molar-refractivity contribution in [3.8, 4) is 5.75 Å². The van der Waals surface area contributed by atoms with E-state index < -0.39 is 0 Å². The van der Waals surface area contributed by atoms with Gasteiger partial charge in [0.2, 0.25) is 0 Å². The molecule has 1 aromatic heterocycles. The Bertz CT molecular complexity index is 525. The summed E-state index contributed by atoms with van der Waals surface area (Å²) in [5.74, 6) is 0.617. The minimum Gasteiger partial charge on any atom is -0.493 e. The number of rotatable bonds is 1. The van der Waals surface area contributed by atoms with E-state index in [1.54, 1.807) is 13.2 Å². The smallest absolute Gasteiger partial charge is 0.171 e. The van der Waals surface area contributed by atoms with E-state index in [0.29, 0.717) is 15.9 Å². The highest BCUT2D eigenvalue weighted by Gasteiger charge is 2.10. The van der Waals surface area contributed by atoms with Gasteiger partial charge in [-0.05, 0) is 19.1 Å². The number of methoxy groups -OCH3 is 1. The maximum absolute atomic E-state index is 5.98. The molecule has 0 amide bonds. The fraction of sp³-hybridized carbons (Fsp3) is 0.182. The van der Waals surface area contributed by atoms with Crippen LogP contribution >= 0.6 is 23.2 Å². The van der Waals surface area contributed by atoms with Crippen LogP contribution in [0, 0.1) is 6.92 Å². The van der Waals surface area contributed by atoms with E-state index in [0.717, 1.165) is 16.5 Å². The number of hydrogen-bond acceptors (Lipinski definition) is 2. The maximum atomic E-state index is 5.98. The van der Waals surface area contributed by atoms with Gasteiger partial charge in [-0.3, -0.25) is 0 Å². The SMILES string of the molecule is COc1c(Cl)nc2cc(Cl)ccc2c1C. The summed E-state index contributed by atoms with van der Waals surface area (Å²) in [6, 6.07) is 5.53. The topological polar surface area (TPSA) is 22.1 Å². The third kappa shape index (κ3) is 1.75. The summed E-state index contributed by atoms with van der Waals surface area (Å²) < 4.78 is 5.19. The van der Waals surface area contributed by atoms with Crippen LogP contribution in [0.3, 0.4) is 0 Å². The Labute approximate surface area is 97.8 Å². The molecule has 4 heteroatoms. The molecule has 1 heterocycles. The molecule has 2 aromatic rings. The van der Waals surface area contributed by atoms with Crippen molar-refractivity contribution in [2.24, 2.45) is 0 Å². The summed E-state index contributed by atoms with van der Waals surface area (Å²) in [6.45, 7) is 1.95. The Morgan fingerprint density at radius 1 is 1.27 bits per heavy atom. The first-order valence-corrected chi connectivity index (χ1v) is 5.18. The molecule has 0 saturated carbocycles. The molecule has 0 atom stereocenters. The fourth-order valence-electron chi connectivity index (χ4n) is 1.59. The molecule has 1 aromatic carbocycles. The van der Waals surface area contributed by atoms with Crippen molar-refractivity contribution in [3.63, 3.8) is 0 Å². The van der Waals surface area contributed by atoms with Crippen LogP contribution in [0.1, 0.15) is 5.56 Å². The third-order valence-electron chi connectivity index (χ3n) is 2.31. The van der Waals surface area contributed by atoms with Gasteiger partial charge < -0.3 is 4.74 Å². The molecule has 0 bridgehead atoms. The molecule has 0 N–H and O–H groups in total. The molecule has 78 valence electrons. The number of fused-ring (bicyclic) bond motifs is 1. The highest BCUT2D eigenvalue weighted by atomic mass is 35.5. The predicted octanol–water partition coefficient (Wildman–Crippen LogP) is 3.86. The quantitative estimate of drug-likeness (QED) is 0.708. The highest BCUT2D eigenvalue weighted by molar-refractivity contribution is 6.32. The van der Waals surface area contributed by atoms with Crippen LogP contribution in [-0.4, -0.2) is 12.1 Å². The van der Waals surface area contributed by atoms with Gasteiger partial charge >= 0.3 is 0 Å². The van der Waals surface area contributed by atoms with Gasteiger partial charge in [-0.2, -0.15) is 0 Å². The van der Waals surface area contributed by atoms with Gasteiger partial charge in [-0.15, -0.1) is 0 Å². The molecular weight excluding hydrogens is 233 g/mol. The number of hydrogen-bond donors (Lipinski definition) is 0. The molecule has 0 spiro atoms. The standard InChI is InChI=1S/C11H9Cl2NO/c1-6-8-4-3-7(12)5-9(8)14-11(13)10(6)15-2/h3-5H,1-2H3. The van der Waals surface area contributed by atoms with Crippen LogP contribution in [0.4, 0.5) is 0 Å². The van der Waals surface area contributed by atoms with Crippen molar-refractivity contribution < 1.29 is 4.74 Å². The van der Waals surface area contributed by atoms with E-state index in [1.807, 2.05) is 19.1 Å². The van der Waals surface area contributed by atoms with Crippen LogP contribution in [0.5, 0.6) is 5.75 Å². The number of pyridine rings is 1. The van der Waals surface area contributed by atoms with E-state index in [9.17, 15) is 0 Å². The van der Waals surface area contributed by atoms with E-state index >= 15 is 0 Å². The van der Waals surface area contributed by atoms with Gasteiger partial charge in [0.25, 0.3) is 0 Å². The lowest BCUT2D eigenvalue weighted by molar-refractivity contribution is 0.411. The van der Waals surface area contributed by atoms with Crippen LogP contribution in [0.15, 0.2) is 18.2 Å². The van der Waals surface area contributed by atoms with Gasteiger partial charge in [0.15, 0.2) is 10.9 Å².